The number of rotatable bonds is 9. The highest BCUT2D eigenvalue weighted by molar-refractivity contribution is 5.89. The SMILES string of the molecule is CCCCN(Cc1cccn1Cc1cccc(F)c1)C(=O)Nc1cccc(CC)c1. The van der Waals surface area contributed by atoms with Crippen LogP contribution in [0.25, 0.3) is 0 Å². The summed E-state index contributed by atoms with van der Waals surface area (Å²) in [5, 5.41) is 3.04. The Morgan fingerprint density at radius 2 is 1.83 bits per heavy atom. The third-order valence-electron chi connectivity index (χ3n) is 5.17. The number of nitrogens with one attached hydrogen (secondary N) is 1. The summed E-state index contributed by atoms with van der Waals surface area (Å²) in [6.45, 7) is 5.97. The number of halogens is 1. The first-order valence-corrected chi connectivity index (χ1v) is 10.6. The third kappa shape index (κ3) is 5.96. The predicted molar refractivity (Wildman–Crippen MR) is 120 cm³/mol. The Morgan fingerprint density at radius 1 is 1.03 bits per heavy atom. The van der Waals surface area contributed by atoms with Crippen molar-refractivity contribution in [2.75, 3.05) is 11.9 Å². The number of hydrogen-bond acceptors (Lipinski definition) is 1. The summed E-state index contributed by atoms with van der Waals surface area (Å²) in [6, 6.07) is 18.5. The molecule has 3 rings (SSSR count). The van der Waals surface area contributed by atoms with Gasteiger partial charge in [0.05, 0.1) is 6.54 Å². The van der Waals surface area contributed by atoms with Crippen LogP contribution < -0.4 is 5.32 Å². The zero-order valence-electron chi connectivity index (χ0n) is 17.8. The van der Waals surface area contributed by atoms with Crippen LogP contribution in [0.5, 0.6) is 0 Å². The Hall–Kier alpha value is -3.08. The number of nitrogens with zero attached hydrogens (tertiary/aromatic N) is 2. The van der Waals surface area contributed by atoms with Gasteiger partial charge in [0.1, 0.15) is 5.82 Å². The summed E-state index contributed by atoms with van der Waals surface area (Å²) in [6.07, 6.45) is 4.85. The maximum Gasteiger partial charge on any atom is 0.322 e. The largest absolute Gasteiger partial charge is 0.345 e. The molecule has 4 nitrogen and oxygen atoms in total. The third-order valence-corrected chi connectivity index (χ3v) is 5.17. The van der Waals surface area contributed by atoms with E-state index in [-0.39, 0.29) is 11.8 Å². The van der Waals surface area contributed by atoms with Crippen molar-refractivity contribution < 1.29 is 9.18 Å². The van der Waals surface area contributed by atoms with Gasteiger partial charge in [0, 0.05) is 30.7 Å². The van der Waals surface area contributed by atoms with Gasteiger partial charge in [0.25, 0.3) is 0 Å². The van der Waals surface area contributed by atoms with Crippen LogP contribution >= 0.6 is 0 Å². The number of unbranched alkanes of at least 4 members (excludes halogenated alkanes) is 1. The second kappa shape index (κ2) is 10.6. The molecule has 0 aliphatic carbocycles. The molecule has 2 amide bonds. The molecule has 0 unspecified atom stereocenters. The van der Waals surface area contributed by atoms with Crippen molar-refractivity contribution in [3.05, 3.63) is 89.5 Å². The number of carbonyl (C=O) groups is 1. The molecule has 3 aromatic rings. The summed E-state index contributed by atoms with van der Waals surface area (Å²) in [5.74, 6) is -0.237. The zero-order valence-corrected chi connectivity index (χ0v) is 17.8. The fraction of sp³-hybridized carbons (Fsp3) is 0.320. The predicted octanol–water partition coefficient (Wildman–Crippen LogP) is 6.07. The molecule has 1 N–H and O–H groups in total. The smallest absolute Gasteiger partial charge is 0.322 e. The number of aromatic nitrogens is 1. The summed E-state index contributed by atoms with van der Waals surface area (Å²) < 4.78 is 15.6. The molecule has 1 aromatic heterocycles. The van der Waals surface area contributed by atoms with Crippen LogP contribution in [0.3, 0.4) is 0 Å². The van der Waals surface area contributed by atoms with Crippen molar-refractivity contribution in [3.8, 4) is 0 Å². The van der Waals surface area contributed by atoms with Crippen LogP contribution in [0.1, 0.15) is 43.5 Å². The van der Waals surface area contributed by atoms with Gasteiger partial charge in [-0.1, -0.05) is 44.5 Å². The number of aryl methyl sites for hydroxylation is 1. The minimum absolute atomic E-state index is 0.102. The van der Waals surface area contributed by atoms with Gasteiger partial charge in [0.15, 0.2) is 0 Å². The second-order valence-electron chi connectivity index (χ2n) is 7.52. The Morgan fingerprint density at radius 3 is 2.60 bits per heavy atom. The summed E-state index contributed by atoms with van der Waals surface area (Å²) in [4.78, 5) is 14.9. The van der Waals surface area contributed by atoms with Gasteiger partial charge in [-0.25, -0.2) is 9.18 Å². The highest BCUT2D eigenvalue weighted by atomic mass is 19.1. The molecule has 0 aliphatic rings. The molecule has 0 spiro atoms. The maximum absolute atomic E-state index is 13.5. The molecule has 0 saturated carbocycles. The average molecular weight is 408 g/mol. The van der Waals surface area contributed by atoms with Crippen LogP contribution in [0.2, 0.25) is 0 Å². The van der Waals surface area contributed by atoms with Crippen LogP contribution in [-0.4, -0.2) is 22.0 Å². The van der Waals surface area contributed by atoms with E-state index in [0.717, 1.165) is 36.2 Å². The normalized spacial score (nSPS) is 10.8. The molecule has 5 heteroatoms. The van der Waals surface area contributed by atoms with E-state index in [1.54, 1.807) is 12.1 Å². The first kappa shape index (κ1) is 21.6. The molecular formula is C25H30FN3O. The first-order valence-electron chi connectivity index (χ1n) is 10.6. The number of hydrogen-bond donors (Lipinski definition) is 1. The van der Waals surface area contributed by atoms with E-state index in [0.29, 0.717) is 19.6 Å². The molecule has 0 atom stereocenters. The van der Waals surface area contributed by atoms with Crippen molar-refractivity contribution in [2.24, 2.45) is 0 Å². The molecule has 30 heavy (non-hydrogen) atoms. The van der Waals surface area contributed by atoms with Gasteiger partial charge < -0.3 is 14.8 Å². The quantitative estimate of drug-likeness (QED) is 0.459. The minimum atomic E-state index is -0.237. The lowest BCUT2D eigenvalue weighted by molar-refractivity contribution is 0.207. The average Bonchev–Trinajstić information content (AvgIpc) is 3.17. The van der Waals surface area contributed by atoms with Gasteiger partial charge in [-0.3, -0.25) is 0 Å². The second-order valence-corrected chi connectivity index (χ2v) is 7.52. The lowest BCUT2D eigenvalue weighted by Gasteiger charge is -2.24. The van der Waals surface area contributed by atoms with E-state index in [1.165, 1.54) is 11.6 Å². The fourth-order valence-corrected chi connectivity index (χ4v) is 3.45. The molecule has 0 radical (unpaired) electrons. The Kier molecular flexibility index (Phi) is 7.66. The van der Waals surface area contributed by atoms with Gasteiger partial charge in [-0.05, 0) is 60.4 Å². The number of carbonyl (C=O) groups excluding carboxylic acids is 1. The van der Waals surface area contributed by atoms with Gasteiger partial charge in [-0.2, -0.15) is 0 Å². The number of amides is 2. The monoisotopic (exact) mass is 407 g/mol. The van der Waals surface area contributed by atoms with Crippen molar-refractivity contribution in [1.29, 1.82) is 0 Å². The van der Waals surface area contributed by atoms with E-state index in [1.807, 2.05) is 47.5 Å². The van der Waals surface area contributed by atoms with Gasteiger partial charge in [0.2, 0.25) is 0 Å². The van der Waals surface area contributed by atoms with Crippen molar-refractivity contribution >= 4 is 11.7 Å². The van der Waals surface area contributed by atoms with Crippen molar-refractivity contribution in [2.45, 2.75) is 46.2 Å². The molecule has 0 fully saturated rings. The molecule has 0 bridgehead atoms. The van der Waals surface area contributed by atoms with Crippen LogP contribution in [0.4, 0.5) is 14.9 Å². The van der Waals surface area contributed by atoms with Crippen LogP contribution in [0, 0.1) is 5.82 Å². The van der Waals surface area contributed by atoms with Crippen molar-refractivity contribution in [3.63, 3.8) is 0 Å². The molecule has 158 valence electrons. The Labute approximate surface area is 178 Å². The molecule has 0 saturated heterocycles. The van der Waals surface area contributed by atoms with E-state index >= 15 is 0 Å². The fourth-order valence-electron chi connectivity index (χ4n) is 3.45. The van der Waals surface area contributed by atoms with Crippen LogP contribution in [-0.2, 0) is 19.5 Å². The van der Waals surface area contributed by atoms with Crippen molar-refractivity contribution in [1.82, 2.24) is 9.47 Å². The van der Waals surface area contributed by atoms with E-state index in [2.05, 4.69) is 29.8 Å². The standard InChI is InChI=1S/C25H30FN3O/c1-3-5-14-29(25(30)27-23-12-7-9-20(4-2)17-23)19-24-13-8-15-28(24)18-21-10-6-11-22(26)16-21/h6-13,15-17H,3-5,14,18-19H2,1-2H3,(H,27,30). The summed E-state index contributed by atoms with van der Waals surface area (Å²) in [7, 11) is 0. The molecule has 1 heterocycles. The lowest BCUT2D eigenvalue weighted by Crippen LogP contribution is -2.36. The van der Waals surface area contributed by atoms with Gasteiger partial charge >= 0.3 is 6.03 Å². The highest BCUT2D eigenvalue weighted by Gasteiger charge is 2.16. The topological polar surface area (TPSA) is 37.3 Å². The Balaban J connectivity index is 1.73. The summed E-state index contributed by atoms with van der Waals surface area (Å²) >= 11 is 0. The molecular weight excluding hydrogens is 377 g/mol. The number of anilines is 1. The lowest BCUT2D eigenvalue weighted by atomic mass is 10.1. The van der Waals surface area contributed by atoms with E-state index in [9.17, 15) is 9.18 Å². The maximum atomic E-state index is 13.5. The molecule has 0 aliphatic heterocycles. The van der Waals surface area contributed by atoms with E-state index in [4.69, 9.17) is 0 Å². The highest BCUT2D eigenvalue weighted by Crippen LogP contribution is 2.15. The van der Waals surface area contributed by atoms with Gasteiger partial charge in [-0.15, -0.1) is 0 Å². The zero-order chi connectivity index (χ0) is 21.3. The first-order chi connectivity index (χ1) is 14.6. The number of urea groups is 1. The minimum Gasteiger partial charge on any atom is -0.345 e. The molecule has 2 aromatic carbocycles. The summed E-state index contributed by atoms with van der Waals surface area (Å²) in [5.41, 5.74) is 3.93. The Bertz CT molecular complexity index is 966. The van der Waals surface area contributed by atoms with Crippen LogP contribution in [0.15, 0.2) is 66.9 Å². The number of benzene rings is 2. The van der Waals surface area contributed by atoms with E-state index < -0.39 is 0 Å².